The van der Waals surface area contributed by atoms with Crippen molar-refractivity contribution in [1.29, 1.82) is 0 Å². The van der Waals surface area contributed by atoms with E-state index < -0.39 is 0 Å². The lowest BCUT2D eigenvalue weighted by Gasteiger charge is -2.12. The van der Waals surface area contributed by atoms with Crippen LogP contribution in [-0.2, 0) is 4.79 Å². The normalized spacial score (nSPS) is 16.6. The topological polar surface area (TPSA) is 37.4 Å². The molecular weight excluding hydrogens is 318 g/mol. The molecule has 5 heteroatoms. The molecule has 1 aliphatic rings. The Kier molecular flexibility index (Phi) is 4.05. The number of imide groups is 1. The Morgan fingerprint density at radius 2 is 1.82 bits per heavy atom. The zero-order valence-corrected chi connectivity index (χ0v) is 13.3. The second kappa shape index (κ2) is 5.99. The molecule has 3 rings (SSSR count). The van der Waals surface area contributed by atoms with Crippen LogP contribution in [0.1, 0.15) is 11.1 Å². The number of halogens is 1. The lowest BCUT2D eigenvalue weighted by atomic mass is 10.1. The van der Waals surface area contributed by atoms with Crippen molar-refractivity contribution in [3.63, 3.8) is 0 Å². The first kappa shape index (κ1) is 14.9. The zero-order valence-electron chi connectivity index (χ0n) is 11.7. The average molecular weight is 330 g/mol. The van der Waals surface area contributed by atoms with Crippen LogP contribution >= 0.6 is 23.4 Å². The summed E-state index contributed by atoms with van der Waals surface area (Å²) < 4.78 is 0. The summed E-state index contributed by atoms with van der Waals surface area (Å²) >= 11 is 6.78. The highest BCUT2D eigenvalue weighted by Crippen LogP contribution is 2.36. The van der Waals surface area contributed by atoms with Gasteiger partial charge in [0.2, 0.25) is 0 Å². The van der Waals surface area contributed by atoms with Crippen LogP contribution in [0, 0.1) is 6.92 Å². The summed E-state index contributed by atoms with van der Waals surface area (Å²) in [7, 11) is 0. The molecule has 1 saturated heterocycles. The van der Waals surface area contributed by atoms with E-state index in [0.29, 0.717) is 15.6 Å². The summed E-state index contributed by atoms with van der Waals surface area (Å²) in [5.41, 5.74) is 2.53. The van der Waals surface area contributed by atoms with Crippen LogP contribution in [0.3, 0.4) is 0 Å². The van der Waals surface area contributed by atoms with Crippen molar-refractivity contribution in [2.24, 2.45) is 0 Å². The Labute approximate surface area is 137 Å². The van der Waals surface area contributed by atoms with Gasteiger partial charge in [-0.25, -0.2) is 4.90 Å². The number of anilines is 1. The Hall–Kier alpha value is -2.04. The van der Waals surface area contributed by atoms with Crippen molar-refractivity contribution >= 4 is 46.3 Å². The van der Waals surface area contributed by atoms with Crippen LogP contribution in [0.25, 0.3) is 6.08 Å². The third-order valence-electron chi connectivity index (χ3n) is 3.22. The SMILES string of the molecule is Cc1cccc(/C=C2/SC(=O)N(c3ccc(Cl)cc3)C2=O)c1. The summed E-state index contributed by atoms with van der Waals surface area (Å²) in [5, 5.41) is 0.261. The predicted molar refractivity (Wildman–Crippen MR) is 91.1 cm³/mol. The number of aryl methyl sites for hydroxylation is 1. The van der Waals surface area contributed by atoms with E-state index in [9.17, 15) is 9.59 Å². The molecule has 1 heterocycles. The fraction of sp³-hybridized carbons (Fsp3) is 0.0588. The number of amides is 2. The molecular formula is C17H12ClNO2S. The van der Waals surface area contributed by atoms with E-state index in [-0.39, 0.29) is 11.1 Å². The molecule has 1 fully saturated rings. The quantitative estimate of drug-likeness (QED) is 0.736. The maximum atomic E-state index is 12.5. The number of hydrogen-bond acceptors (Lipinski definition) is 3. The fourth-order valence-corrected chi connectivity index (χ4v) is 3.16. The first-order chi connectivity index (χ1) is 10.5. The number of carbonyl (C=O) groups is 2. The van der Waals surface area contributed by atoms with Crippen molar-refractivity contribution in [3.05, 3.63) is 69.6 Å². The first-order valence-corrected chi connectivity index (χ1v) is 7.84. The molecule has 2 aromatic carbocycles. The Balaban J connectivity index is 1.93. The number of carbonyl (C=O) groups excluding carboxylic acids is 2. The van der Waals surface area contributed by atoms with E-state index in [1.165, 1.54) is 4.90 Å². The van der Waals surface area contributed by atoms with Gasteiger partial charge in [0.25, 0.3) is 11.1 Å². The van der Waals surface area contributed by atoms with Crippen LogP contribution in [0.15, 0.2) is 53.4 Å². The van der Waals surface area contributed by atoms with Crippen molar-refractivity contribution in [2.45, 2.75) is 6.92 Å². The van der Waals surface area contributed by atoms with Crippen LogP contribution < -0.4 is 4.90 Å². The molecule has 0 radical (unpaired) electrons. The summed E-state index contributed by atoms with van der Waals surface area (Å²) in [6, 6.07) is 14.4. The first-order valence-electron chi connectivity index (χ1n) is 6.65. The van der Waals surface area contributed by atoms with Gasteiger partial charge in [-0.3, -0.25) is 9.59 Å². The largest absolute Gasteiger partial charge is 0.298 e. The molecule has 1 aliphatic heterocycles. The second-order valence-electron chi connectivity index (χ2n) is 4.91. The van der Waals surface area contributed by atoms with E-state index in [4.69, 9.17) is 11.6 Å². The van der Waals surface area contributed by atoms with Crippen molar-refractivity contribution in [2.75, 3.05) is 4.90 Å². The summed E-state index contributed by atoms with van der Waals surface area (Å²) in [6.07, 6.45) is 1.74. The highest BCUT2D eigenvalue weighted by Gasteiger charge is 2.36. The van der Waals surface area contributed by atoms with E-state index in [2.05, 4.69) is 0 Å². The molecule has 0 bridgehead atoms. The molecule has 0 aliphatic carbocycles. The molecule has 0 N–H and O–H groups in total. The van der Waals surface area contributed by atoms with Gasteiger partial charge in [0.1, 0.15) is 0 Å². The summed E-state index contributed by atoms with van der Waals surface area (Å²) in [4.78, 5) is 26.2. The zero-order chi connectivity index (χ0) is 15.7. The maximum absolute atomic E-state index is 12.5. The Bertz CT molecular complexity index is 784. The Morgan fingerprint density at radius 3 is 2.50 bits per heavy atom. The number of benzene rings is 2. The molecule has 2 amide bonds. The molecule has 0 aromatic heterocycles. The molecule has 0 unspecified atom stereocenters. The van der Waals surface area contributed by atoms with Gasteiger partial charge in [-0.2, -0.15) is 0 Å². The molecule has 110 valence electrons. The third-order valence-corrected chi connectivity index (χ3v) is 4.34. The van der Waals surface area contributed by atoms with E-state index in [1.54, 1.807) is 30.3 Å². The Morgan fingerprint density at radius 1 is 1.09 bits per heavy atom. The van der Waals surface area contributed by atoms with Gasteiger partial charge in [0, 0.05) is 5.02 Å². The maximum Gasteiger partial charge on any atom is 0.298 e. The van der Waals surface area contributed by atoms with Crippen LogP contribution in [0.2, 0.25) is 5.02 Å². The van der Waals surface area contributed by atoms with Gasteiger partial charge in [-0.15, -0.1) is 0 Å². The number of thioether (sulfide) groups is 1. The highest BCUT2D eigenvalue weighted by atomic mass is 35.5. The highest BCUT2D eigenvalue weighted by molar-refractivity contribution is 8.19. The number of hydrogen-bond donors (Lipinski definition) is 0. The predicted octanol–water partition coefficient (Wildman–Crippen LogP) is 4.89. The summed E-state index contributed by atoms with van der Waals surface area (Å²) in [6.45, 7) is 1.98. The van der Waals surface area contributed by atoms with Crippen LogP contribution in [0.4, 0.5) is 10.5 Å². The average Bonchev–Trinajstić information content (AvgIpc) is 2.75. The van der Waals surface area contributed by atoms with Crippen LogP contribution in [-0.4, -0.2) is 11.1 Å². The van der Waals surface area contributed by atoms with Crippen molar-refractivity contribution in [3.8, 4) is 0 Å². The van der Waals surface area contributed by atoms with Crippen molar-refractivity contribution < 1.29 is 9.59 Å². The van der Waals surface area contributed by atoms with Gasteiger partial charge < -0.3 is 0 Å². The molecule has 3 nitrogen and oxygen atoms in total. The molecule has 2 aromatic rings. The summed E-state index contributed by atoms with van der Waals surface area (Å²) in [5.74, 6) is -0.307. The van der Waals surface area contributed by atoms with Gasteiger partial charge in [0.05, 0.1) is 10.6 Å². The second-order valence-corrected chi connectivity index (χ2v) is 6.34. The number of rotatable bonds is 2. The molecule has 0 spiro atoms. The lowest BCUT2D eigenvalue weighted by Crippen LogP contribution is -2.27. The minimum Gasteiger partial charge on any atom is -0.268 e. The minimum absolute atomic E-state index is 0.300. The van der Waals surface area contributed by atoms with Crippen molar-refractivity contribution in [1.82, 2.24) is 0 Å². The van der Waals surface area contributed by atoms with Gasteiger partial charge >= 0.3 is 0 Å². The molecule has 0 atom stereocenters. The third kappa shape index (κ3) is 2.93. The van der Waals surface area contributed by atoms with Crippen LogP contribution in [0.5, 0.6) is 0 Å². The number of nitrogens with zero attached hydrogens (tertiary/aromatic N) is 1. The van der Waals surface area contributed by atoms with E-state index >= 15 is 0 Å². The van der Waals surface area contributed by atoms with Gasteiger partial charge in [0.15, 0.2) is 0 Å². The minimum atomic E-state index is -0.307. The van der Waals surface area contributed by atoms with Gasteiger partial charge in [-0.1, -0.05) is 41.4 Å². The lowest BCUT2D eigenvalue weighted by molar-refractivity contribution is -0.113. The molecule has 0 saturated carbocycles. The smallest absolute Gasteiger partial charge is 0.268 e. The monoisotopic (exact) mass is 329 g/mol. The van der Waals surface area contributed by atoms with Gasteiger partial charge in [-0.05, 0) is 54.6 Å². The molecule has 22 heavy (non-hydrogen) atoms. The fourth-order valence-electron chi connectivity index (χ4n) is 2.19. The van der Waals surface area contributed by atoms with E-state index in [1.807, 2.05) is 31.2 Å². The standard InChI is InChI=1S/C17H12ClNO2S/c1-11-3-2-4-12(9-11)10-15-16(20)19(17(21)22-15)14-7-5-13(18)6-8-14/h2-10H,1H3/b15-10+. The van der Waals surface area contributed by atoms with E-state index in [0.717, 1.165) is 22.9 Å².